The molecule has 1 saturated carbocycles. The van der Waals surface area contributed by atoms with E-state index in [9.17, 15) is 19.2 Å². The van der Waals surface area contributed by atoms with E-state index in [1.807, 2.05) is 84.0 Å². The lowest BCUT2D eigenvalue weighted by atomic mass is 9.77. The van der Waals surface area contributed by atoms with Crippen molar-refractivity contribution in [3.8, 4) is 11.1 Å². The summed E-state index contributed by atoms with van der Waals surface area (Å²) >= 11 is 0. The molecule has 0 bridgehead atoms. The van der Waals surface area contributed by atoms with Crippen molar-refractivity contribution >= 4 is 23.6 Å². The zero-order valence-electron chi connectivity index (χ0n) is 27.0. The SMILES string of the molecule is COC(=O)[C@@H](CC(=O)C1CCC(CNC(=O)OC(C)(C)C)CC1)Cc1ccc(-c2ccc(C(=O)CC(C)C)cc2C)cc1. The van der Waals surface area contributed by atoms with Crippen LogP contribution >= 0.6 is 0 Å². The molecule has 43 heavy (non-hydrogen) atoms. The molecule has 0 saturated heterocycles. The third-order valence-electron chi connectivity index (χ3n) is 8.11. The maximum atomic E-state index is 13.2. The molecule has 1 aliphatic rings. The van der Waals surface area contributed by atoms with Gasteiger partial charge in [-0.05, 0) is 100.0 Å². The number of carbonyl (C=O) groups is 4. The average Bonchev–Trinajstić information content (AvgIpc) is 2.94. The van der Waals surface area contributed by atoms with Gasteiger partial charge in [0.2, 0.25) is 0 Å². The summed E-state index contributed by atoms with van der Waals surface area (Å²) in [6, 6.07) is 13.9. The van der Waals surface area contributed by atoms with Gasteiger partial charge in [0.1, 0.15) is 11.4 Å². The molecule has 0 unspecified atom stereocenters. The van der Waals surface area contributed by atoms with Gasteiger partial charge in [-0.3, -0.25) is 14.4 Å². The molecular formula is C36H49NO6. The molecule has 0 spiro atoms. The number of nitrogens with one attached hydrogen (secondary N) is 1. The van der Waals surface area contributed by atoms with Crippen LogP contribution in [0.15, 0.2) is 42.5 Å². The Morgan fingerprint density at radius 2 is 1.58 bits per heavy atom. The third-order valence-corrected chi connectivity index (χ3v) is 8.11. The van der Waals surface area contributed by atoms with E-state index in [2.05, 4.69) is 5.32 Å². The Bertz CT molecular complexity index is 1270. The van der Waals surface area contributed by atoms with Crippen molar-refractivity contribution < 1.29 is 28.7 Å². The topological polar surface area (TPSA) is 98.8 Å². The lowest BCUT2D eigenvalue weighted by molar-refractivity contribution is -0.147. The van der Waals surface area contributed by atoms with Crippen molar-refractivity contribution in [1.82, 2.24) is 5.32 Å². The number of aryl methyl sites for hydroxylation is 1. The van der Waals surface area contributed by atoms with Crippen LogP contribution in [0.3, 0.4) is 0 Å². The molecular weight excluding hydrogens is 542 g/mol. The van der Waals surface area contributed by atoms with E-state index < -0.39 is 17.6 Å². The van der Waals surface area contributed by atoms with Crippen LogP contribution in [0.5, 0.6) is 0 Å². The van der Waals surface area contributed by atoms with Crippen molar-refractivity contribution in [3.63, 3.8) is 0 Å². The second kappa shape index (κ2) is 15.3. The van der Waals surface area contributed by atoms with E-state index in [-0.39, 0.29) is 29.9 Å². The first kappa shape index (κ1) is 34.0. The van der Waals surface area contributed by atoms with E-state index >= 15 is 0 Å². The van der Waals surface area contributed by atoms with Crippen molar-refractivity contribution in [2.75, 3.05) is 13.7 Å². The Morgan fingerprint density at radius 3 is 2.14 bits per heavy atom. The number of methoxy groups -OCH3 is 1. The van der Waals surface area contributed by atoms with Crippen molar-refractivity contribution in [1.29, 1.82) is 0 Å². The molecule has 0 aromatic heterocycles. The molecule has 234 valence electrons. The minimum Gasteiger partial charge on any atom is -0.469 e. The Balaban J connectivity index is 1.56. The lowest BCUT2D eigenvalue weighted by Crippen LogP contribution is -2.36. The molecule has 1 fully saturated rings. The van der Waals surface area contributed by atoms with Crippen molar-refractivity contribution in [2.24, 2.45) is 23.7 Å². The molecule has 1 aliphatic carbocycles. The highest BCUT2D eigenvalue weighted by Gasteiger charge is 2.31. The molecule has 3 rings (SSSR count). The van der Waals surface area contributed by atoms with Crippen LogP contribution in [0, 0.1) is 30.6 Å². The highest BCUT2D eigenvalue weighted by Crippen LogP contribution is 2.32. The first-order valence-corrected chi connectivity index (χ1v) is 15.6. The van der Waals surface area contributed by atoms with Gasteiger partial charge in [0.15, 0.2) is 5.78 Å². The summed E-state index contributed by atoms with van der Waals surface area (Å²) in [6.45, 7) is 12.1. The first-order valence-electron chi connectivity index (χ1n) is 15.6. The van der Waals surface area contributed by atoms with E-state index in [0.29, 0.717) is 31.2 Å². The summed E-state index contributed by atoms with van der Waals surface area (Å²) in [5.74, 6) is -0.0931. The Morgan fingerprint density at radius 1 is 0.930 bits per heavy atom. The number of hydrogen-bond donors (Lipinski definition) is 1. The molecule has 2 aromatic rings. The molecule has 0 heterocycles. The molecule has 0 aliphatic heterocycles. The second-order valence-corrected chi connectivity index (χ2v) is 13.4. The molecule has 1 atom stereocenters. The quantitative estimate of drug-likeness (QED) is 0.203. The predicted molar refractivity (Wildman–Crippen MR) is 169 cm³/mol. The molecule has 1 N–H and O–H groups in total. The zero-order valence-corrected chi connectivity index (χ0v) is 27.0. The smallest absolute Gasteiger partial charge is 0.407 e. The van der Waals surface area contributed by atoms with Gasteiger partial charge in [0, 0.05) is 30.9 Å². The Labute approximate surface area is 257 Å². The maximum absolute atomic E-state index is 13.2. The average molecular weight is 592 g/mol. The number of Topliss-reactive ketones (excluding diaryl/α,β-unsaturated/α-hetero) is 2. The van der Waals surface area contributed by atoms with Crippen LogP contribution in [0.1, 0.15) is 94.6 Å². The third kappa shape index (κ3) is 10.6. The maximum Gasteiger partial charge on any atom is 0.407 e. The van der Waals surface area contributed by atoms with E-state index in [0.717, 1.165) is 53.5 Å². The Kier molecular flexibility index (Phi) is 12.1. The van der Waals surface area contributed by atoms with E-state index in [4.69, 9.17) is 9.47 Å². The highest BCUT2D eigenvalue weighted by atomic mass is 16.6. The fourth-order valence-electron chi connectivity index (χ4n) is 5.80. The number of amides is 1. The van der Waals surface area contributed by atoms with Crippen LogP contribution in [0.4, 0.5) is 4.79 Å². The summed E-state index contributed by atoms with van der Waals surface area (Å²) in [5, 5.41) is 2.84. The normalized spacial score (nSPS) is 17.7. The first-order chi connectivity index (χ1) is 20.3. The number of hydrogen-bond acceptors (Lipinski definition) is 6. The number of benzene rings is 2. The van der Waals surface area contributed by atoms with Gasteiger partial charge in [-0.15, -0.1) is 0 Å². The minimum absolute atomic E-state index is 0.0781. The van der Waals surface area contributed by atoms with Crippen molar-refractivity contribution in [2.45, 2.75) is 92.1 Å². The molecule has 0 radical (unpaired) electrons. The van der Waals surface area contributed by atoms with Gasteiger partial charge >= 0.3 is 12.1 Å². The van der Waals surface area contributed by atoms with Gasteiger partial charge in [0.05, 0.1) is 13.0 Å². The lowest BCUT2D eigenvalue weighted by Gasteiger charge is -2.29. The van der Waals surface area contributed by atoms with E-state index in [1.54, 1.807) is 0 Å². The fourth-order valence-corrected chi connectivity index (χ4v) is 5.80. The monoisotopic (exact) mass is 591 g/mol. The second-order valence-electron chi connectivity index (χ2n) is 13.4. The van der Waals surface area contributed by atoms with Gasteiger partial charge < -0.3 is 14.8 Å². The summed E-state index contributed by atoms with van der Waals surface area (Å²) in [5.41, 5.74) is 4.30. The number of esters is 1. The highest BCUT2D eigenvalue weighted by molar-refractivity contribution is 5.97. The summed E-state index contributed by atoms with van der Waals surface area (Å²) < 4.78 is 10.4. The zero-order chi connectivity index (χ0) is 31.7. The summed E-state index contributed by atoms with van der Waals surface area (Å²) in [4.78, 5) is 50.4. The van der Waals surface area contributed by atoms with Crippen LogP contribution < -0.4 is 5.32 Å². The van der Waals surface area contributed by atoms with Crippen LogP contribution in [-0.2, 0) is 25.5 Å². The van der Waals surface area contributed by atoms with E-state index in [1.165, 1.54) is 7.11 Å². The number of ketones is 2. The summed E-state index contributed by atoms with van der Waals surface area (Å²) in [6.07, 6.45) is 3.91. The number of ether oxygens (including phenoxy) is 2. The number of rotatable bonds is 12. The molecule has 1 amide bonds. The largest absolute Gasteiger partial charge is 0.469 e. The van der Waals surface area contributed by atoms with Gasteiger partial charge in [-0.25, -0.2) is 4.79 Å². The molecule has 7 nitrogen and oxygen atoms in total. The summed E-state index contributed by atoms with van der Waals surface area (Å²) in [7, 11) is 1.37. The number of carbonyl (C=O) groups excluding carboxylic acids is 4. The van der Waals surface area contributed by atoms with Crippen molar-refractivity contribution in [3.05, 3.63) is 59.2 Å². The molecule has 2 aromatic carbocycles. The number of alkyl carbamates (subject to hydrolysis) is 1. The fraction of sp³-hybridized carbons (Fsp3) is 0.556. The van der Waals surface area contributed by atoms with Crippen LogP contribution in [0.2, 0.25) is 0 Å². The minimum atomic E-state index is -0.539. The van der Waals surface area contributed by atoms with Crippen LogP contribution in [0.25, 0.3) is 11.1 Å². The molecule has 7 heteroatoms. The van der Waals surface area contributed by atoms with Crippen LogP contribution in [-0.4, -0.2) is 42.9 Å². The van der Waals surface area contributed by atoms with Gasteiger partial charge in [0.25, 0.3) is 0 Å². The van der Waals surface area contributed by atoms with Gasteiger partial charge in [-0.1, -0.05) is 50.2 Å². The Hall–Kier alpha value is -3.48. The van der Waals surface area contributed by atoms with Gasteiger partial charge in [-0.2, -0.15) is 0 Å². The standard InChI is InChI=1S/C36H49NO6/c1-23(2)18-32(38)29-16-17-31(24(3)19-29)27-12-8-25(9-13-27)20-30(34(40)42-7)21-33(39)28-14-10-26(11-15-28)22-37-35(41)43-36(4,5)6/h8-9,12-13,16-17,19,23,26,28,30H,10-11,14-15,18,20-22H2,1-7H3,(H,37,41)/t26?,28?,30-/m1/s1. The predicted octanol–water partition coefficient (Wildman–Crippen LogP) is 7.51.